The van der Waals surface area contributed by atoms with E-state index in [0.717, 1.165) is 12.1 Å². The normalized spacial score (nSPS) is 12.4. The Labute approximate surface area is 216 Å². The minimum absolute atomic E-state index is 0.110. The molecule has 1 amide bonds. The van der Waals surface area contributed by atoms with Gasteiger partial charge < -0.3 is 20.3 Å². The van der Waals surface area contributed by atoms with Crippen molar-refractivity contribution >= 4 is 34.4 Å². The first-order valence-electron chi connectivity index (χ1n) is 10.9. The quantitative estimate of drug-likeness (QED) is 0.230. The third-order valence-corrected chi connectivity index (χ3v) is 5.91. The van der Waals surface area contributed by atoms with Crippen molar-refractivity contribution < 1.29 is 42.1 Å². The summed E-state index contributed by atoms with van der Waals surface area (Å²) >= 11 is 6.01. The van der Waals surface area contributed by atoms with Crippen molar-refractivity contribution in [1.29, 1.82) is 0 Å². The number of hydrogen-bond donors (Lipinski definition) is 4. The third kappa shape index (κ3) is 5.87. The number of rotatable bonds is 8. The molecule has 0 saturated carbocycles. The van der Waals surface area contributed by atoms with Gasteiger partial charge >= 0.3 is 12.3 Å². The van der Waals surface area contributed by atoms with Crippen LogP contribution in [0.1, 0.15) is 26.4 Å². The van der Waals surface area contributed by atoms with Gasteiger partial charge in [-0.25, -0.2) is 9.18 Å². The molecule has 13 heteroatoms. The minimum atomic E-state index is -5.11. The number of benzene rings is 3. The second-order valence-electron chi connectivity index (χ2n) is 8.15. The summed E-state index contributed by atoms with van der Waals surface area (Å²) in [6.45, 7) is -0.623. The fraction of sp³-hybridized carbons (Fsp3) is 0.160. The van der Waals surface area contributed by atoms with Crippen LogP contribution in [0.25, 0.3) is 22.0 Å². The largest absolute Gasteiger partial charge is 0.573 e. The number of carboxylic acids is 1. The van der Waals surface area contributed by atoms with E-state index < -0.39 is 48.0 Å². The molecule has 0 radical (unpaired) electrons. The molecular weight excluding hydrogens is 534 g/mol. The molecule has 38 heavy (non-hydrogen) atoms. The van der Waals surface area contributed by atoms with E-state index in [1.807, 2.05) is 0 Å². The van der Waals surface area contributed by atoms with Crippen molar-refractivity contribution in [3.8, 4) is 16.9 Å². The van der Waals surface area contributed by atoms with Gasteiger partial charge in [-0.05, 0) is 47.5 Å². The van der Waals surface area contributed by atoms with Crippen molar-refractivity contribution in [2.45, 2.75) is 18.8 Å². The van der Waals surface area contributed by atoms with Gasteiger partial charge in [0.15, 0.2) is 0 Å². The zero-order valence-electron chi connectivity index (χ0n) is 19.1. The van der Waals surface area contributed by atoms with Gasteiger partial charge in [0, 0.05) is 12.1 Å². The Kier molecular flexibility index (Phi) is 7.56. The predicted octanol–water partition coefficient (Wildman–Crippen LogP) is 4.95. The number of aromatic amines is 1. The Morgan fingerprint density at radius 3 is 2.45 bits per heavy atom. The number of aromatic nitrogens is 2. The van der Waals surface area contributed by atoms with Gasteiger partial charge in [0.05, 0.1) is 39.7 Å². The highest BCUT2D eigenvalue weighted by molar-refractivity contribution is 6.33. The molecule has 198 valence electrons. The van der Waals surface area contributed by atoms with Gasteiger partial charge in [-0.2, -0.15) is 5.10 Å². The monoisotopic (exact) mass is 551 g/mol. The molecule has 0 aliphatic carbocycles. The van der Waals surface area contributed by atoms with E-state index in [0.29, 0.717) is 11.1 Å². The van der Waals surface area contributed by atoms with Gasteiger partial charge in [-0.1, -0.05) is 29.8 Å². The average Bonchev–Trinajstić information content (AvgIpc) is 3.26. The van der Waals surface area contributed by atoms with Crippen LogP contribution in [0.4, 0.5) is 17.6 Å². The number of alkyl halides is 3. The number of amides is 1. The van der Waals surface area contributed by atoms with Crippen molar-refractivity contribution in [1.82, 2.24) is 15.5 Å². The molecule has 4 N–H and O–H groups in total. The van der Waals surface area contributed by atoms with Gasteiger partial charge in [0.25, 0.3) is 5.91 Å². The summed E-state index contributed by atoms with van der Waals surface area (Å²) in [5.74, 6) is -3.66. The Bertz CT molecular complexity index is 1520. The summed E-state index contributed by atoms with van der Waals surface area (Å²) in [7, 11) is 0. The number of ether oxygens (including phenoxy) is 1. The van der Waals surface area contributed by atoms with Crippen LogP contribution >= 0.6 is 11.6 Å². The summed E-state index contributed by atoms with van der Waals surface area (Å²) in [6, 6.07) is 10.4. The van der Waals surface area contributed by atoms with Crippen LogP contribution in [0.3, 0.4) is 0 Å². The zero-order chi connectivity index (χ0) is 27.6. The lowest BCUT2D eigenvalue weighted by Gasteiger charge is -2.19. The Hall–Kier alpha value is -4.16. The third-order valence-electron chi connectivity index (χ3n) is 5.59. The maximum Gasteiger partial charge on any atom is 0.573 e. The number of halogens is 5. The fourth-order valence-corrected chi connectivity index (χ4v) is 4.14. The highest BCUT2D eigenvalue weighted by atomic mass is 35.5. The number of fused-ring (bicyclic) bond motifs is 1. The maximum absolute atomic E-state index is 14.3. The summed E-state index contributed by atoms with van der Waals surface area (Å²) in [5, 5.41) is 28.1. The van der Waals surface area contributed by atoms with Crippen LogP contribution in [-0.2, 0) is 6.42 Å². The number of hydrogen-bond acceptors (Lipinski definition) is 5. The van der Waals surface area contributed by atoms with E-state index in [4.69, 9.17) is 16.7 Å². The SMILES string of the molecule is O=C(O)c1ccc(-c2ccc(OC(F)(F)F)c(C(=O)NC(CO)Cc3[nH]nc4cccc(F)c34)c2)cc1Cl. The summed E-state index contributed by atoms with van der Waals surface area (Å²) < 4.78 is 57.4. The molecule has 0 spiro atoms. The van der Waals surface area contributed by atoms with Gasteiger partial charge in [0.2, 0.25) is 0 Å². The first kappa shape index (κ1) is 26.9. The van der Waals surface area contributed by atoms with Crippen molar-refractivity contribution in [2.24, 2.45) is 0 Å². The number of aliphatic hydroxyl groups is 1. The van der Waals surface area contributed by atoms with Crippen molar-refractivity contribution in [3.63, 3.8) is 0 Å². The number of aliphatic hydroxyl groups excluding tert-OH is 1. The number of carbonyl (C=O) groups is 2. The molecule has 4 aromatic rings. The number of aromatic carboxylic acids is 1. The van der Waals surface area contributed by atoms with Crippen LogP contribution in [0, 0.1) is 5.82 Å². The lowest BCUT2D eigenvalue weighted by atomic mass is 10.00. The molecule has 8 nitrogen and oxygen atoms in total. The molecule has 1 atom stereocenters. The van der Waals surface area contributed by atoms with Crippen LogP contribution in [0.15, 0.2) is 54.6 Å². The van der Waals surface area contributed by atoms with Crippen LogP contribution in [0.2, 0.25) is 5.02 Å². The second kappa shape index (κ2) is 10.7. The highest BCUT2D eigenvalue weighted by Gasteiger charge is 2.33. The van der Waals surface area contributed by atoms with E-state index in [9.17, 15) is 32.3 Å². The molecule has 0 bridgehead atoms. The number of carboxylic acid groups (broad SMARTS) is 1. The topological polar surface area (TPSA) is 125 Å². The molecule has 0 aliphatic heterocycles. The molecule has 1 unspecified atom stereocenters. The lowest BCUT2D eigenvalue weighted by Crippen LogP contribution is -2.39. The number of nitrogens with one attached hydrogen (secondary N) is 2. The average molecular weight is 552 g/mol. The van der Waals surface area contributed by atoms with E-state index in [1.54, 1.807) is 6.07 Å². The molecule has 1 aromatic heterocycles. The van der Waals surface area contributed by atoms with E-state index in [-0.39, 0.29) is 33.7 Å². The Morgan fingerprint density at radius 1 is 1.08 bits per heavy atom. The predicted molar refractivity (Wildman–Crippen MR) is 129 cm³/mol. The minimum Gasteiger partial charge on any atom is -0.478 e. The summed E-state index contributed by atoms with van der Waals surface area (Å²) in [5.41, 5.74) is 0.461. The molecule has 1 heterocycles. The Morgan fingerprint density at radius 2 is 1.79 bits per heavy atom. The molecule has 0 saturated heterocycles. The summed E-state index contributed by atoms with van der Waals surface area (Å²) in [4.78, 5) is 24.3. The number of carbonyl (C=O) groups excluding carboxylic acids is 1. The highest BCUT2D eigenvalue weighted by Crippen LogP contribution is 2.32. The van der Waals surface area contributed by atoms with Crippen LogP contribution in [0.5, 0.6) is 5.75 Å². The zero-order valence-corrected chi connectivity index (χ0v) is 19.9. The van der Waals surface area contributed by atoms with Gasteiger partial charge in [-0.15, -0.1) is 13.2 Å². The summed E-state index contributed by atoms with van der Waals surface area (Å²) in [6.07, 6.45) is -5.22. The number of H-pyrrole nitrogens is 1. The van der Waals surface area contributed by atoms with E-state index >= 15 is 0 Å². The Balaban J connectivity index is 1.66. The van der Waals surface area contributed by atoms with Crippen molar-refractivity contribution in [2.75, 3.05) is 6.61 Å². The standard InChI is InChI=1S/C25H18ClF4N3O5/c26-17-9-13(4-6-15(17)24(36)37)12-5-7-21(38-25(28,29)30)16(8-12)23(35)31-14(11-34)10-20-22-18(27)2-1-3-19(22)32-33-20/h1-9,14,34H,10-11H2,(H,31,35)(H,32,33)(H,36,37). The maximum atomic E-state index is 14.3. The second-order valence-corrected chi connectivity index (χ2v) is 8.56. The van der Waals surface area contributed by atoms with E-state index in [1.165, 1.54) is 36.4 Å². The van der Waals surface area contributed by atoms with Crippen LogP contribution < -0.4 is 10.1 Å². The molecule has 0 fully saturated rings. The molecular formula is C25H18ClF4N3O5. The van der Waals surface area contributed by atoms with Gasteiger partial charge in [-0.3, -0.25) is 9.89 Å². The lowest BCUT2D eigenvalue weighted by molar-refractivity contribution is -0.274. The van der Waals surface area contributed by atoms with Gasteiger partial charge in [0.1, 0.15) is 11.6 Å². The first-order valence-corrected chi connectivity index (χ1v) is 11.3. The first-order chi connectivity index (χ1) is 18.0. The molecule has 4 rings (SSSR count). The fourth-order valence-electron chi connectivity index (χ4n) is 3.88. The number of nitrogens with zero attached hydrogens (tertiary/aromatic N) is 1. The van der Waals surface area contributed by atoms with E-state index in [2.05, 4.69) is 20.3 Å². The van der Waals surface area contributed by atoms with Crippen molar-refractivity contribution in [3.05, 3.63) is 82.3 Å². The molecule has 0 aliphatic rings. The van der Waals surface area contributed by atoms with Crippen LogP contribution in [-0.4, -0.2) is 51.3 Å². The smallest absolute Gasteiger partial charge is 0.478 e. The molecule has 3 aromatic carbocycles.